The minimum absolute atomic E-state index is 0.0503. The van der Waals surface area contributed by atoms with Gasteiger partial charge >= 0.3 is 12.1 Å². The number of esters is 1. The van der Waals surface area contributed by atoms with Crippen molar-refractivity contribution in [1.82, 2.24) is 19.5 Å². The Morgan fingerprint density at radius 2 is 1.85 bits per heavy atom. The van der Waals surface area contributed by atoms with E-state index in [0.717, 1.165) is 12.8 Å². The van der Waals surface area contributed by atoms with E-state index in [1.54, 1.807) is 48.2 Å². The summed E-state index contributed by atoms with van der Waals surface area (Å²) < 4.78 is 17.3. The predicted octanol–water partition coefficient (Wildman–Crippen LogP) is 4.56. The number of nitrogens with two attached hydrogens (primary N) is 1. The van der Waals surface area contributed by atoms with Crippen LogP contribution in [0, 0.1) is 0 Å². The van der Waals surface area contributed by atoms with Crippen LogP contribution in [0.4, 0.5) is 10.6 Å². The van der Waals surface area contributed by atoms with Crippen molar-refractivity contribution in [3.8, 4) is 17.0 Å². The zero-order valence-electron chi connectivity index (χ0n) is 24.0. The van der Waals surface area contributed by atoms with Crippen molar-refractivity contribution < 1.29 is 28.6 Å². The maximum atomic E-state index is 13.1. The normalized spacial score (nSPS) is 15.2. The van der Waals surface area contributed by atoms with Gasteiger partial charge in [-0.1, -0.05) is 12.1 Å². The summed E-state index contributed by atoms with van der Waals surface area (Å²) in [6.07, 6.45) is 3.34. The third-order valence-corrected chi connectivity index (χ3v) is 6.47. The number of nitrogens with one attached hydrogen (secondary N) is 1. The fourth-order valence-electron chi connectivity index (χ4n) is 4.59. The van der Waals surface area contributed by atoms with Crippen LogP contribution >= 0.6 is 0 Å². The van der Waals surface area contributed by atoms with Gasteiger partial charge in [0, 0.05) is 29.9 Å². The van der Waals surface area contributed by atoms with Gasteiger partial charge in [-0.2, -0.15) is 0 Å². The van der Waals surface area contributed by atoms with Crippen molar-refractivity contribution >= 4 is 23.8 Å². The van der Waals surface area contributed by atoms with Gasteiger partial charge in [0.05, 0.1) is 19.8 Å². The van der Waals surface area contributed by atoms with Crippen LogP contribution in [0.25, 0.3) is 11.3 Å². The highest BCUT2D eigenvalue weighted by Crippen LogP contribution is 2.35. The minimum Gasteiger partial charge on any atom is -0.497 e. The average molecular weight is 565 g/mol. The lowest BCUT2D eigenvalue weighted by atomic mass is 10.0. The molecule has 41 heavy (non-hydrogen) atoms. The van der Waals surface area contributed by atoms with Gasteiger partial charge in [-0.15, -0.1) is 0 Å². The molecular weight excluding hydrogens is 528 g/mol. The van der Waals surface area contributed by atoms with Crippen LogP contribution in [0.3, 0.4) is 0 Å². The molecule has 12 nitrogen and oxygen atoms in total. The van der Waals surface area contributed by atoms with Gasteiger partial charge in [0.15, 0.2) is 11.5 Å². The molecule has 0 aliphatic carbocycles. The van der Waals surface area contributed by atoms with E-state index >= 15 is 0 Å². The number of aromatic nitrogens is 3. The summed E-state index contributed by atoms with van der Waals surface area (Å²) in [5.74, 6) is 6.71. The first-order chi connectivity index (χ1) is 19.5. The number of piperidine rings is 1. The lowest BCUT2D eigenvalue weighted by Crippen LogP contribution is -2.43. The van der Waals surface area contributed by atoms with Crippen LogP contribution in [-0.4, -0.2) is 63.4 Å². The third kappa shape index (κ3) is 6.76. The van der Waals surface area contributed by atoms with Crippen molar-refractivity contribution in [3.05, 3.63) is 59.7 Å². The molecule has 1 aromatic carbocycles. The molecule has 218 valence electrons. The summed E-state index contributed by atoms with van der Waals surface area (Å²) in [5.41, 5.74) is 0.585. The van der Waals surface area contributed by atoms with Gasteiger partial charge in [0.25, 0.3) is 5.91 Å². The summed E-state index contributed by atoms with van der Waals surface area (Å²) in [5, 5.41) is 2.73. The number of hydrogen-bond acceptors (Lipinski definition) is 9. The molecule has 1 fully saturated rings. The van der Waals surface area contributed by atoms with Crippen molar-refractivity contribution in [2.75, 3.05) is 31.4 Å². The molecule has 3 aromatic rings. The summed E-state index contributed by atoms with van der Waals surface area (Å²) >= 11 is 0. The molecule has 0 radical (unpaired) electrons. The van der Waals surface area contributed by atoms with Crippen LogP contribution in [0.2, 0.25) is 0 Å². The maximum Gasteiger partial charge on any atom is 0.410 e. The van der Waals surface area contributed by atoms with E-state index in [1.807, 2.05) is 20.8 Å². The number of carbonyl (C=O) groups excluding carboxylic acids is 3. The van der Waals surface area contributed by atoms with Crippen molar-refractivity contribution in [2.24, 2.45) is 0 Å². The Hall–Kier alpha value is -4.61. The molecule has 1 aliphatic heterocycles. The first-order valence-corrected chi connectivity index (χ1v) is 13.5. The second-order valence-corrected chi connectivity index (χ2v) is 10.6. The number of benzene rings is 1. The van der Waals surface area contributed by atoms with Crippen LogP contribution in [0.1, 0.15) is 79.7 Å². The number of likely N-dealkylation sites (tertiary alicyclic amines) is 1. The third-order valence-electron chi connectivity index (χ3n) is 6.47. The molecule has 0 spiro atoms. The molecule has 2 amide bonds. The fraction of sp³-hybridized carbons (Fsp3) is 0.414. The van der Waals surface area contributed by atoms with Crippen molar-refractivity contribution in [2.45, 2.75) is 58.6 Å². The molecule has 1 atom stereocenters. The van der Waals surface area contributed by atoms with Crippen LogP contribution in [-0.2, 0) is 9.47 Å². The Labute approximate surface area is 238 Å². The number of amides is 2. The van der Waals surface area contributed by atoms with Gasteiger partial charge in [-0.05, 0) is 65.2 Å². The number of methoxy groups -OCH3 is 1. The highest BCUT2D eigenvalue weighted by atomic mass is 16.6. The summed E-state index contributed by atoms with van der Waals surface area (Å²) in [6.45, 7) is 7.74. The number of nitrogen functional groups attached to an aromatic ring is 1. The van der Waals surface area contributed by atoms with E-state index in [0.29, 0.717) is 41.5 Å². The second-order valence-electron chi connectivity index (χ2n) is 10.6. The second kappa shape index (κ2) is 12.3. The molecule has 0 saturated carbocycles. The van der Waals surface area contributed by atoms with E-state index in [9.17, 15) is 14.4 Å². The first-order valence-electron chi connectivity index (χ1n) is 13.5. The number of pyridine rings is 1. The fourth-order valence-corrected chi connectivity index (χ4v) is 4.59. The zero-order chi connectivity index (χ0) is 29.7. The largest absolute Gasteiger partial charge is 0.497 e. The molecule has 0 unspecified atom stereocenters. The quantitative estimate of drug-likeness (QED) is 0.311. The Bertz CT molecular complexity index is 1410. The van der Waals surface area contributed by atoms with Crippen LogP contribution in [0.5, 0.6) is 5.75 Å². The summed E-state index contributed by atoms with van der Waals surface area (Å²) in [7, 11) is 1.53. The SMILES string of the molecule is CCOC(=O)c1c(-c2ccc(C(=O)Nc3cc(OC)ccn3)cc2)nc([C@@H]2CCCCN2C(=O)OC(C)(C)C)n1N. The van der Waals surface area contributed by atoms with E-state index in [2.05, 4.69) is 10.3 Å². The minimum atomic E-state index is -0.671. The van der Waals surface area contributed by atoms with Crippen LogP contribution in [0.15, 0.2) is 42.6 Å². The maximum absolute atomic E-state index is 13.1. The Morgan fingerprint density at radius 1 is 1.12 bits per heavy atom. The van der Waals surface area contributed by atoms with Gasteiger partial charge in [0.1, 0.15) is 22.9 Å². The standard InChI is InChI=1S/C29H36N6O6/c1-6-40-27(37)24-23(18-10-12-19(13-11-18)26(36)32-22-17-20(39-5)14-15-31-22)33-25(35(24)30)21-9-7-8-16-34(21)28(38)41-29(2,3)4/h10-15,17,21H,6-9,16,30H2,1-5H3,(H,31,32,36)/t21-/m0/s1. The lowest BCUT2D eigenvalue weighted by molar-refractivity contribution is 0.00820. The number of imidazole rings is 1. The van der Waals surface area contributed by atoms with E-state index < -0.39 is 23.7 Å². The predicted molar refractivity (Wildman–Crippen MR) is 152 cm³/mol. The Balaban J connectivity index is 1.66. The molecule has 0 bridgehead atoms. The molecule has 1 saturated heterocycles. The van der Waals surface area contributed by atoms with E-state index in [1.165, 1.54) is 18.0 Å². The van der Waals surface area contributed by atoms with Crippen LogP contribution < -0.4 is 15.9 Å². The van der Waals surface area contributed by atoms with E-state index in [-0.39, 0.29) is 23.9 Å². The Morgan fingerprint density at radius 3 is 2.51 bits per heavy atom. The van der Waals surface area contributed by atoms with Gasteiger partial charge < -0.3 is 25.4 Å². The number of hydrogen-bond donors (Lipinski definition) is 2. The van der Waals surface area contributed by atoms with E-state index in [4.69, 9.17) is 25.0 Å². The monoisotopic (exact) mass is 564 g/mol. The van der Waals surface area contributed by atoms with Gasteiger partial charge in [-0.3, -0.25) is 9.69 Å². The molecule has 12 heteroatoms. The zero-order valence-corrected chi connectivity index (χ0v) is 24.0. The number of ether oxygens (including phenoxy) is 3. The smallest absolute Gasteiger partial charge is 0.410 e. The van der Waals surface area contributed by atoms with Crippen molar-refractivity contribution in [1.29, 1.82) is 0 Å². The molecule has 4 rings (SSSR count). The number of nitrogens with zero attached hydrogens (tertiary/aromatic N) is 4. The molecule has 1 aliphatic rings. The number of anilines is 1. The highest BCUT2D eigenvalue weighted by molar-refractivity contribution is 6.04. The molecule has 3 N–H and O–H groups in total. The highest BCUT2D eigenvalue weighted by Gasteiger charge is 2.36. The topological polar surface area (TPSA) is 151 Å². The molecular formula is C29H36N6O6. The average Bonchev–Trinajstić information content (AvgIpc) is 3.29. The first kappa shape index (κ1) is 29.4. The Kier molecular flexibility index (Phi) is 8.80. The number of rotatable bonds is 7. The summed E-state index contributed by atoms with van der Waals surface area (Å²) in [6, 6.07) is 9.37. The van der Waals surface area contributed by atoms with Crippen molar-refractivity contribution in [3.63, 3.8) is 0 Å². The molecule has 3 heterocycles. The van der Waals surface area contributed by atoms with Gasteiger partial charge in [-0.25, -0.2) is 24.2 Å². The van der Waals surface area contributed by atoms with Gasteiger partial charge in [0.2, 0.25) is 0 Å². The molecule has 2 aromatic heterocycles. The lowest BCUT2D eigenvalue weighted by Gasteiger charge is -2.36. The summed E-state index contributed by atoms with van der Waals surface area (Å²) in [4.78, 5) is 49.4. The number of carbonyl (C=O) groups is 3.